The summed E-state index contributed by atoms with van der Waals surface area (Å²) in [6, 6.07) is 8.83. The lowest BCUT2D eigenvalue weighted by molar-refractivity contribution is -0.136. The Morgan fingerprint density at radius 1 is 1.28 bits per heavy atom. The highest BCUT2D eigenvalue weighted by Crippen LogP contribution is 2.14. The normalized spacial score (nSPS) is 12.3. The fourth-order valence-electron chi connectivity index (χ4n) is 1.12. The topological polar surface area (TPSA) is 80.5 Å². The molecule has 0 saturated carbocycles. The standard InChI is InChI=1S/C12H14N2O4/c1-17-8-10(15)11(12(16)18-2)14-13-9-6-4-3-5-7-9/h3-7,15H,8H2,1-2H3. The second-order valence-corrected chi connectivity index (χ2v) is 3.26. The molecule has 0 spiro atoms. The minimum atomic E-state index is -0.774. The Morgan fingerprint density at radius 2 is 1.94 bits per heavy atom. The van der Waals surface area contributed by atoms with E-state index in [0.717, 1.165) is 0 Å². The Hall–Kier alpha value is -2.21. The number of carbonyl (C=O) groups is 1. The summed E-state index contributed by atoms with van der Waals surface area (Å²) in [5.74, 6) is -1.10. The molecule has 6 heteroatoms. The molecule has 0 unspecified atom stereocenters. The molecule has 0 saturated heterocycles. The molecule has 0 aliphatic carbocycles. The second kappa shape index (κ2) is 7.18. The minimum Gasteiger partial charge on any atom is -0.507 e. The monoisotopic (exact) mass is 250 g/mol. The maximum atomic E-state index is 11.4. The van der Waals surface area contributed by atoms with E-state index in [-0.39, 0.29) is 18.1 Å². The molecule has 96 valence electrons. The first-order valence-corrected chi connectivity index (χ1v) is 5.15. The van der Waals surface area contributed by atoms with E-state index in [2.05, 4.69) is 15.0 Å². The van der Waals surface area contributed by atoms with Crippen molar-refractivity contribution < 1.29 is 19.4 Å². The van der Waals surface area contributed by atoms with Gasteiger partial charge in [0.2, 0.25) is 5.70 Å². The van der Waals surface area contributed by atoms with Gasteiger partial charge in [0.15, 0.2) is 5.76 Å². The van der Waals surface area contributed by atoms with E-state index >= 15 is 0 Å². The molecule has 0 aromatic heterocycles. The van der Waals surface area contributed by atoms with Gasteiger partial charge >= 0.3 is 5.97 Å². The Kier molecular flexibility index (Phi) is 5.53. The first-order valence-electron chi connectivity index (χ1n) is 5.15. The molecule has 0 radical (unpaired) electrons. The summed E-state index contributed by atoms with van der Waals surface area (Å²) in [6.45, 7) is -0.141. The smallest absolute Gasteiger partial charge is 0.362 e. The molecule has 18 heavy (non-hydrogen) atoms. The largest absolute Gasteiger partial charge is 0.507 e. The van der Waals surface area contributed by atoms with Crippen LogP contribution in [0.1, 0.15) is 0 Å². The van der Waals surface area contributed by atoms with E-state index in [9.17, 15) is 9.90 Å². The number of ether oxygens (including phenoxy) is 2. The Balaban J connectivity index is 2.96. The maximum Gasteiger partial charge on any atom is 0.362 e. The molecule has 1 rings (SSSR count). The number of nitrogens with zero attached hydrogens (tertiary/aromatic N) is 2. The first-order chi connectivity index (χ1) is 8.69. The van der Waals surface area contributed by atoms with Crippen molar-refractivity contribution in [2.24, 2.45) is 10.2 Å². The van der Waals surface area contributed by atoms with Crippen LogP contribution in [0.2, 0.25) is 0 Å². The molecule has 0 amide bonds. The van der Waals surface area contributed by atoms with Gasteiger partial charge in [0.05, 0.1) is 12.8 Å². The molecule has 0 aliphatic rings. The Morgan fingerprint density at radius 3 is 2.50 bits per heavy atom. The van der Waals surface area contributed by atoms with E-state index in [1.165, 1.54) is 14.2 Å². The number of hydrogen-bond donors (Lipinski definition) is 1. The molecule has 1 N–H and O–H groups in total. The van der Waals surface area contributed by atoms with E-state index in [0.29, 0.717) is 5.69 Å². The lowest BCUT2D eigenvalue weighted by Crippen LogP contribution is -2.08. The first kappa shape index (κ1) is 13.9. The predicted molar refractivity (Wildman–Crippen MR) is 64.5 cm³/mol. The summed E-state index contributed by atoms with van der Waals surface area (Å²) >= 11 is 0. The van der Waals surface area contributed by atoms with E-state index in [4.69, 9.17) is 4.74 Å². The number of esters is 1. The van der Waals surface area contributed by atoms with Gasteiger partial charge in [-0.05, 0) is 12.1 Å². The third-order valence-electron chi connectivity index (χ3n) is 1.95. The van der Waals surface area contributed by atoms with Crippen molar-refractivity contribution in [2.45, 2.75) is 0 Å². The molecular formula is C12H14N2O4. The van der Waals surface area contributed by atoms with Crippen molar-refractivity contribution in [1.29, 1.82) is 0 Å². The average Bonchev–Trinajstić information content (AvgIpc) is 2.40. The van der Waals surface area contributed by atoms with Crippen LogP contribution in [-0.4, -0.2) is 31.9 Å². The van der Waals surface area contributed by atoms with Crippen molar-refractivity contribution in [1.82, 2.24) is 0 Å². The van der Waals surface area contributed by atoms with Crippen molar-refractivity contribution in [3.8, 4) is 0 Å². The van der Waals surface area contributed by atoms with Crippen molar-refractivity contribution in [3.05, 3.63) is 41.8 Å². The van der Waals surface area contributed by atoms with Gasteiger partial charge in [-0.25, -0.2) is 4.79 Å². The van der Waals surface area contributed by atoms with Crippen LogP contribution in [0.5, 0.6) is 0 Å². The zero-order valence-electron chi connectivity index (χ0n) is 10.2. The summed E-state index contributed by atoms with van der Waals surface area (Å²) in [6.07, 6.45) is 0. The van der Waals surface area contributed by atoms with Crippen LogP contribution in [0, 0.1) is 0 Å². The van der Waals surface area contributed by atoms with Gasteiger partial charge < -0.3 is 14.6 Å². The highest BCUT2D eigenvalue weighted by molar-refractivity contribution is 5.88. The van der Waals surface area contributed by atoms with Crippen molar-refractivity contribution in [3.63, 3.8) is 0 Å². The third-order valence-corrected chi connectivity index (χ3v) is 1.95. The average molecular weight is 250 g/mol. The molecule has 0 atom stereocenters. The Bertz CT molecular complexity index is 454. The number of hydrogen-bond acceptors (Lipinski definition) is 6. The second-order valence-electron chi connectivity index (χ2n) is 3.26. The fourth-order valence-corrected chi connectivity index (χ4v) is 1.12. The van der Waals surface area contributed by atoms with E-state index < -0.39 is 5.97 Å². The quantitative estimate of drug-likeness (QED) is 0.376. The fraction of sp³-hybridized carbons (Fsp3) is 0.250. The van der Waals surface area contributed by atoms with Crippen LogP contribution in [0.3, 0.4) is 0 Å². The zero-order chi connectivity index (χ0) is 13.4. The van der Waals surface area contributed by atoms with Crippen molar-refractivity contribution in [2.75, 3.05) is 20.8 Å². The molecular weight excluding hydrogens is 236 g/mol. The number of azo groups is 1. The van der Waals surface area contributed by atoms with Crippen LogP contribution < -0.4 is 0 Å². The van der Waals surface area contributed by atoms with Crippen LogP contribution in [-0.2, 0) is 14.3 Å². The summed E-state index contributed by atoms with van der Waals surface area (Å²) in [5.41, 5.74) is 0.285. The molecule has 0 fully saturated rings. The van der Waals surface area contributed by atoms with Gasteiger partial charge in [0, 0.05) is 7.11 Å². The number of carbonyl (C=O) groups excluding carboxylic acids is 1. The highest BCUT2D eigenvalue weighted by Gasteiger charge is 2.15. The van der Waals surface area contributed by atoms with Gasteiger partial charge in [0.25, 0.3) is 0 Å². The minimum absolute atomic E-state index is 0.141. The number of aliphatic hydroxyl groups is 1. The summed E-state index contributed by atoms with van der Waals surface area (Å²) < 4.78 is 9.22. The molecule has 0 heterocycles. The van der Waals surface area contributed by atoms with Gasteiger partial charge in [-0.1, -0.05) is 18.2 Å². The molecule has 6 nitrogen and oxygen atoms in total. The number of methoxy groups -OCH3 is 2. The van der Waals surface area contributed by atoms with Gasteiger partial charge in [-0.15, -0.1) is 5.11 Å². The lowest BCUT2D eigenvalue weighted by Gasteiger charge is -2.02. The summed E-state index contributed by atoms with van der Waals surface area (Å²) in [5, 5.41) is 17.1. The maximum absolute atomic E-state index is 11.4. The number of rotatable bonds is 5. The van der Waals surface area contributed by atoms with Crippen LogP contribution >= 0.6 is 0 Å². The SMILES string of the molecule is COCC(O)=C(N=Nc1ccccc1)C(=O)OC. The number of benzene rings is 1. The van der Waals surface area contributed by atoms with Crippen LogP contribution in [0.4, 0.5) is 5.69 Å². The van der Waals surface area contributed by atoms with Crippen LogP contribution in [0.15, 0.2) is 52.0 Å². The molecule has 1 aromatic rings. The number of aliphatic hydroxyl groups excluding tert-OH is 1. The van der Waals surface area contributed by atoms with Crippen LogP contribution in [0.25, 0.3) is 0 Å². The lowest BCUT2D eigenvalue weighted by atomic mass is 10.3. The third kappa shape index (κ3) is 3.99. The Labute approximate surface area is 105 Å². The molecule has 1 aromatic carbocycles. The molecule has 0 bridgehead atoms. The summed E-state index contributed by atoms with van der Waals surface area (Å²) in [4.78, 5) is 11.4. The van der Waals surface area contributed by atoms with Gasteiger partial charge in [-0.3, -0.25) is 0 Å². The van der Waals surface area contributed by atoms with E-state index in [1.54, 1.807) is 24.3 Å². The van der Waals surface area contributed by atoms with Gasteiger partial charge in [-0.2, -0.15) is 5.11 Å². The zero-order valence-corrected chi connectivity index (χ0v) is 10.2. The van der Waals surface area contributed by atoms with E-state index in [1.807, 2.05) is 6.07 Å². The van der Waals surface area contributed by atoms with Crippen molar-refractivity contribution >= 4 is 11.7 Å². The highest BCUT2D eigenvalue weighted by atomic mass is 16.5. The van der Waals surface area contributed by atoms with Gasteiger partial charge in [0.1, 0.15) is 6.61 Å². The molecule has 0 aliphatic heterocycles. The summed E-state index contributed by atoms with van der Waals surface area (Å²) in [7, 11) is 2.58. The predicted octanol–water partition coefficient (Wildman–Crippen LogP) is 2.36.